The van der Waals surface area contributed by atoms with Crippen LogP contribution in [0.25, 0.3) is 0 Å². The molecule has 1 aromatic rings. The zero-order valence-electron chi connectivity index (χ0n) is 7.20. The molecule has 0 amide bonds. The van der Waals surface area contributed by atoms with Gasteiger partial charge < -0.3 is 10.8 Å². The molecular weight excluding hydrogens is 152 g/mol. The van der Waals surface area contributed by atoms with Gasteiger partial charge in [0.25, 0.3) is 0 Å². The van der Waals surface area contributed by atoms with Crippen molar-refractivity contribution in [1.82, 2.24) is 4.98 Å². The van der Waals surface area contributed by atoms with Crippen molar-refractivity contribution in [3.05, 3.63) is 29.6 Å². The fourth-order valence-electron chi connectivity index (χ4n) is 1.09. The van der Waals surface area contributed by atoms with E-state index in [4.69, 9.17) is 5.73 Å². The Kier molecular flexibility index (Phi) is 3.19. The molecule has 1 atom stereocenters. The second-order valence-electron chi connectivity index (χ2n) is 2.90. The van der Waals surface area contributed by atoms with Crippen molar-refractivity contribution in [2.75, 3.05) is 6.54 Å². The van der Waals surface area contributed by atoms with Gasteiger partial charge in [0.1, 0.15) is 0 Å². The van der Waals surface area contributed by atoms with Crippen LogP contribution in [0.15, 0.2) is 18.3 Å². The van der Waals surface area contributed by atoms with E-state index in [9.17, 15) is 5.11 Å². The van der Waals surface area contributed by atoms with E-state index in [1.165, 1.54) is 0 Å². The Morgan fingerprint density at radius 1 is 1.67 bits per heavy atom. The molecule has 0 spiro atoms. The van der Waals surface area contributed by atoms with Crippen LogP contribution in [0.5, 0.6) is 0 Å². The lowest BCUT2D eigenvalue weighted by atomic mass is 10.1. The van der Waals surface area contributed by atoms with E-state index in [1.807, 2.05) is 19.1 Å². The first kappa shape index (κ1) is 9.16. The molecule has 0 aromatic carbocycles. The SMILES string of the molecule is Cc1cc(CC(O)CN)ccn1. The number of aliphatic hydroxyl groups is 1. The molecule has 1 rings (SSSR count). The molecule has 0 aliphatic carbocycles. The normalized spacial score (nSPS) is 12.9. The van der Waals surface area contributed by atoms with E-state index < -0.39 is 6.10 Å². The van der Waals surface area contributed by atoms with Gasteiger partial charge in [-0.15, -0.1) is 0 Å². The topological polar surface area (TPSA) is 59.1 Å². The summed E-state index contributed by atoms with van der Waals surface area (Å²) in [5.41, 5.74) is 7.35. The maximum atomic E-state index is 9.26. The molecule has 0 aliphatic heterocycles. The molecule has 12 heavy (non-hydrogen) atoms. The van der Waals surface area contributed by atoms with Crippen LogP contribution in [-0.2, 0) is 6.42 Å². The number of hydrogen-bond donors (Lipinski definition) is 2. The van der Waals surface area contributed by atoms with Crippen molar-refractivity contribution in [3.63, 3.8) is 0 Å². The fraction of sp³-hybridized carbons (Fsp3) is 0.444. The summed E-state index contributed by atoms with van der Waals surface area (Å²) < 4.78 is 0. The summed E-state index contributed by atoms with van der Waals surface area (Å²) in [6.45, 7) is 2.24. The zero-order chi connectivity index (χ0) is 8.97. The molecule has 0 aliphatic rings. The van der Waals surface area contributed by atoms with Crippen LogP contribution in [0, 0.1) is 6.92 Å². The van der Waals surface area contributed by atoms with Crippen LogP contribution in [0.4, 0.5) is 0 Å². The average molecular weight is 166 g/mol. The maximum absolute atomic E-state index is 9.26. The minimum Gasteiger partial charge on any atom is -0.391 e. The summed E-state index contributed by atoms with van der Waals surface area (Å²) in [7, 11) is 0. The lowest BCUT2D eigenvalue weighted by Gasteiger charge is -2.07. The lowest BCUT2D eigenvalue weighted by Crippen LogP contribution is -2.21. The molecule has 66 valence electrons. The van der Waals surface area contributed by atoms with E-state index in [-0.39, 0.29) is 0 Å². The summed E-state index contributed by atoms with van der Waals surface area (Å²) >= 11 is 0. The Morgan fingerprint density at radius 2 is 2.42 bits per heavy atom. The highest BCUT2D eigenvalue weighted by molar-refractivity contribution is 5.16. The Morgan fingerprint density at radius 3 is 3.00 bits per heavy atom. The van der Waals surface area contributed by atoms with Crippen LogP contribution in [0.2, 0.25) is 0 Å². The lowest BCUT2D eigenvalue weighted by molar-refractivity contribution is 0.183. The summed E-state index contributed by atoms with van der Waals surface area (Å²) in [4.78, 5) is 4.06. The summed E-state index contributed by atoms with van der Waals surface area (Å²) in [6, 6.07) is 3.85. The van der Waals surface area contributed by atoms with Gasteiger partial charge in [-0.3, -0.25) is 4.98 Å². The van der Waals surface area contributed by atoms with E-state index in [0.29, 0.717) is 13.0 Å². The minimum absolute atomic E-state index is 0.307. The number of pyridine rings is 1. The third kappa shape index (κ3) is 2.60. The van der Waals surface area contributed by atoms with Crippen LogP contribution in [-0.4, -0.2) is 22.7 Å². The number of nitrogens with zero attached hydrogens (tertiary/aromatic N) is 1. The monoisotopic (exact) mass is 166 g/mol. The van der Waals surface area contributed by atoms with Gasteiger partial charge in [-0.25, -0.2) is 0 Å². The average Bonchev–Trinajstić information content (AvgIpc) is 2.04. The number of aliphatic hydroxyl groups excluding tert-OH is 1. The third-order valence-electron chi connectivity index (χ3n) is 1.70. The fourth-order valence-corrected chi connectivity index (χ4v) is 1.09. The third-order valence-corrected chi connectivity index (χ3v) is 1.70. The molecule has 1 unspecified atom stereocenters. The number of aromatic nitrogens is 1. The summed E-state index contributed by atoms with van der Waals surface area (Å²) in [5, 5.41) is 9.26. The molecule has 0 radical (unpaired) electrons. The number of nitrogens with two attached hydrogens (primary N) is 1. The van der Waals surface area contributed by atoms with Gasteiger partial charge in [0, 0.05) is 18.4 Å². The Hall–Kier alpha value is -0.930. The van der Waals surface area contributed by atoms with Crippen molar-refractivity contribution in [2.45, 2.75) is 19.4 Å². The second kappa shape index (κ2) is 4.18. The Bertz CT molecular complexity index is 250. The van der Waals surface area contributed by atoms with Crippen molar-refractivity contribution in [3.8, 4) is 0 Å². The molecule has 0 saturated heterocycles. The van der Waals surface area contributed by atoms with Crippen molar-refractivity contribution < 1.29 is 5.11 Å². The molecule has 3 N–H and O–H groups in total. The Labute approximate surface area is 72.2 Å². The van der Waals surface area contributed by atoms with Gasteiger partial charge >= 0.3 is 0 Å². The molecular formula is C9H14N2O. The Balaban J connectivity index is 2.63. The highest BCUT2D eigenvalue weighted by Crippen LogP contribution is 2.03. The maximum Gasteiger partial charge on any atom is 0.0702 e. The first-order valence-electron chi connectivity index (χ1n) is 4.02. The summed E-state index contributed by atoms with van der Waals surface area (Å²) in [5.74, 6) is 0. The van der Waals surface area contributed by atoms with Crippen molar-refractivity contribution in [1.29, 1.82) is 0 Å². The van der Waals surface area contributed by atoms with Crippen molar-refractivity contribution in [2.24, 2.45) is 5.73 Å². The van der Waals surface area contributed by atoms with Crippen LogP contribution < -0.4 is 5.73 Å². The zero-order valence-corrected chi connectivity index (χ0v) is 7.20. The number of aryl methyl sites for hydroxylation is 1. The van der Waals surface area contributed by atoms with Gasteiger partial charge in [-0.05, 0) is 31.0 Å². The predicted octanol–water partition coefficient (Wildman–Crippen LogP) is 0.252. The van der Waals surface area contributed by atoms with Crippen LogP contribution in [0.1, 0.15) is 11.3 Å². The highest BCUT2D eigenvalue weighted by atomic mass is 16.3. The van der Waals surface area contributed by atoms with Gasteiger partial charge in [-0.2, -0.15) is 0 Å². The first-order valence-corrected chi connectivity index (χ1v) is 4.02. The quantitative estimate of drug-likeness (QED) is 0.676. The second-order valence-corrected chi connectivity index (χ2v) is 2.90. The van der Waals surface area contributed by atoms with Gasteiger partial charge in [0.15, 0.2) is 0 Å². The molecule has 1 aromatic heterocycles. The number of rotatable bonds is 3. The predicted molar refractivity (Wildman–Crippen MR) is 47.7 cm³/mol. The number of hydrogen-bond acceptors (Lipinski definition) is 3. The minimum atomic E-state index is -0.438. The molecule has 0 saturated carbocycles. The smallest absolute Gasteiger partial charge is 0.0702 e. The standard InChI is InChI=1S/C9H14N2O/c1-7-4-8(2-3-11-7)5-9(12)6-10/h2-4,9,12H,5-6,10H2,1H3. The van der Waals surface area contributed by atoms with Crippen LogP contribution >= 0.6 is 0 Å². The first-order chi connectivity index (χ1) is 5.72. The van der Waals surface area contributed by atoms with Gasteiger partial charge in [-0.1, -0.05) is 0 Å². The van der Waals surface area contributed by atoms with Gasteiger partial charge in [0.2, 0.25) is 0 Å². The van der Waals surface area contributed by atoms with E-state index in [0.717, 1.165) is 11.3 Å². The summed E-state index contributed by atoms with van der Waals surface area (Å²) in [6.07, 6.45) is 1.92. The largest absolute Gasteiger partial charge is 0.391 e. The van der Waals surface area contributed by atoms with Crippen molar-refractivity contribution >= 4 is 0 Å². The highest BCUT2D eigenvalue weighted by Gasteiger charge is 2.02. The molecule has 0 bridgehead atoms. The molecule has 3 heteroatoms. The van der Waals surface area contributed by atoms with E-state index in [1.54, 1.807) is 6.20 Å². The van der Waals surface area contributed by atoms with Gasteiger partial charge in [0.05, 0.1) is 6.10 Å². The molecule has 0 fully saturated rings. The van der Waals surface area contributed by atoms with E-state index >= 15 is 0 Å². The van der Waals surface area contributed by atoms with Crippen LogP contribution in [0.3, 0.4) is 0 Å². The van der Waals surface area contributed by atoms with E-state index in [2.05, 4.69) is 4.98 Å². The molecule has 3 nitrogen and oxygen atoms in total. The molecule has 1 heterocycles.